The molecule has 0 aromatic heterocycles. The number of nitro benzene ring substituents is 1. The van der Waals surface area contributed by atoms with Crippen molar-refractivity contribution in [1.29, 1.82) is 0 Å². The first kappa shape index (κ1) is 17.1. The zero-order chi connectivity index (χ0) is 17.0. The molecule has 1 atom stereocenters. The Morgan fingerprint density at radius 3 is 2.57 bits per heavy atom. The van der Waals surface area contributed by atoms with Gasteiger partial charge < -0.3 is 10.1 Å². The number of para-hydroxylation sites is 1. The Bertz CT molecular complexity index is 752. The number of nitrogens with zero attached hydrogens (tertiary/aromatic N) is 1. The Morgan fingerprint density at radius 2 is 1.91 bits per heavy atom. The molecule has 2 rings (SSSR count). The molecule has 0 saturated carbocycles. The highest BCUT2D eigenvalue weighted by atomic mass is 35.5. The van der Waals surface area contributed by atoms with Gasteiger partial charge in [-0.3, -0.25) is 14.9 Å². The quantitative estimate of drug-likeness (QED) is 0.640. The summed E-state index contributed by atoms with van der Waals surface area (Å²) in [4.78, 5) is 22.4. The van der Waals surface area contributed by atoms with Crippen molar-refractivity contribution in [3.63, 3.8) is 0 Å². The molecule has 0 aliphatic heterocycles. The number of benzene rings is 2. The van der Waals surface area contributed by atoms with Gasteiger partial charge in [0.25, 0.3) is 11.6 Å². The molecule has 0 spiro atoms. The van der Waals surface area contributed by atoms with Crippen molar-refractivity contribution >= 4 is 40.5 Å². The summed E-state index contributed by atoms with van der Waals surface area (Å²) in [7, 11) is 0. The van der Waals surface area contributed by atoms with Gasteiger partial charge in [0, 0.05) is 12.1 Å². The van der Waals surface area contributed by atoms with E-state index in [0.29, 0.717) is 10.8 Å². The molecule has 1 N–H and O–H groups in total. The van der Waals surface area contributed by atoms with Gasteiger partial charge in [-0.05, 0) is 25.1 Å². The minimum Gasteiger partial charge on any atom is -0.479 e. The fraction of sp³-hybridized carbons (Fsp3) is 0.133. The molecule has 6 nitrogen and oxygen atoms in total. The van der Waals surface area contributed by atoms with Crippen molar-refractivity contribution in [2.75, 3.05) is 5.32 Å². The maximum absolute atomic E-state index is 12.2. The van der Waals surface area contributed by atoms with E-state index in [9.17, 15) is 14.9 Å². The van der Waals surface area contributed by atoms with Crippen molar-refractivity contribution in [3.05, 3.63) is 62.6 Å². The van der Waals surface area contributed by atoms with E-state index in [4.69, 9.17) is 27.9 Å². The SMILES string of the molecule is C[C@@H](Oc1ccccc1Cl)C(=O)Nc1cc([N+](=O)[O-])ccc1Cl. The monoisotopic (exact) mass is 354 g/mol. The second-order valence-corrected chi connectivity index (χ2v) is 5.42. The Morgan fingerprint density at radius 1 is 1.22 bits per heavy atom. The van der Waals surface area contributed by atoms with Gasteiger partial charge in [-0.25, -0.2) is 0 Å². The highest BCUT2D eigenvalue weighted by molar-refractivity contribution is 6.34. The molecule has 0 fully saturated rings. The molecule has 0 aliphatic carbocycles. The number of halogens is 2. The lowest BCUT2D eigenvalue weighted by Crippen LogP contribution is -2.30. The largest absolute Gasteiger partial charge is 0.479 e. The van der Waals surface area contributed by atoms with Gasteiger partial charge in [0.05, 0.1) is 20.7 Å². The van der Waals surface area contributed by atoms with Crippen LogP contribution in [-0.2, 0) is 4.79 Å². The van der Waals surface area contributed by atoms with Crippen molar-refractivity contribution in [3.8, 4) is 5.75 Å². The molecule has 0 heterocycles. The number of amides is 1. The van der Waals surface area contributed by atoms with Crippen LogP contribution < -0.4 is 10.1 Å². The first-order valence-corrected chi connectivity index (χ1v) is 7.30. The number of nitro groups is 1. The Balaban J connectivity index is 2.11. The number of non-ortho nitro benzene ring substituents is 1. The first-order chi connectivity index (χ1) is 10.9. The van der Waals surface area contributed by atoms with Crippen LogP contribution in [0.2, 0.25) is 10.0 Å². The second-order valence-electron chi connectivity index (χ2n) is 4.60. The smallest absolute Gasteiger partial charge is 0.271 e. The molecule has 0 aliphatic rings. The minimum absolute atomic E-state index is 0.139. The summed E-state index contributed by atoms with van der Waals surface area (Å²) in [5, 5.41) is 13.8. The summed E-state index contributed by atoms with van der Waals surface area (Å²) in [6.07, 6.45) is -0.870. The molecule has 0 saturated heterocycles. The number of hydrogen-bond donors (Lipinski definition) is 1. The molecular formula is C15H12Cl2N2O4. The van der Waals surface area contributed by atoms with Crippen molar-refractivity contribution in [2.45, 2.75) is 13.0 Å². The van der Waals surface area contributed by atoms with Gasteiger partial charge in [-0.15, -0.1) is 0 Å². The van der Waals surface area contributed by atoms with Gasteiger partial charge in [0.15, 0.2) is 6.10 Å². The van der Waals surface area contributed by atoms with Gasteiger partial charge in [-0.2, -0.15) is 0 Å². The van der Waals surface area contributed by atoms with Crippen LogP contribution in [0.1, 0.15) is 6.92 Å². The van der Waals surface area contributed by atoms with Crippen molar-refractivity contribution in [2.24, 2.45) is 0 Å². The van der Waals surface area contributed by atoms with Crippen LogP contribution in [0.3, 0.4) is 0 Å². The van der Waals surface area contributed by atoms with Crippen LogP contribution in [0.5, 0.6) is 5.75 Å². The average Bonchev–Trinajstić information content (AvgIpc) is 2.51. The third-order valence-electron chi connectivity index (χ3n) is 2.93. The van der Waals surface area contributed by atoms with Crippen LogP contribution in [0.25, 0.3) is 0 Å². The molecule has 8 heteroatoms. The van der Waals surface area contributed by atoms with Crippen LogP contribution >= 0.6 is 23.2 Å². The number of carbonyl (C=O) groups excluding carboxylic acids is 1. The number of ether oxygens (including phenoxy) is 1. The van der Waals surface area contributed by atoms with E-state index in [2.05, 4.69) is 5.32 Å². The van der Waals surface area contributed by atoms with Crippen LogP contribution in [0.15, 0.2) is 42.5 Å². The lowest BCUT2D eigenvalue weighted by molar-refractivity contribution is -0.384. The lowest BCUT2D eigenvalue weighted by Gasteiger charge is -2.16. The van der Waals surface area contributed by atoms with E-state index in [0.717, 1.165) is 0 Å². The van der Waals surface area contributed by atoms with E-state index in [1.54, 1.807) is 24.3 Å². The summed E-state index contributed by atoms with van der Waals surface area (Å²) < 4.78 is 5.48. The second kappa shape index (κ2) is 7.30. The fourth-order valence-electron chi connectivity index (χ4n) is 1.74. The molecule has 0 unspecified atom stereocenters. The third kappa shape index (κ3) is 4.34. The molecule has 2 aromatic rings. The van der Waals surface area contributed by atoms with E-state index in [1.807, 2.05) is 0 Å². The Hall–Kier alpha value is -2.31. The average molecular weight is 355 g/mol. The predicted octanol–water partition coefficient (Wildman–Crippen LogP) is 4.31. The van der Waals surface area contributed by atoms with E-state index in [1.165, 1.54) is 25.1 Å². The molecule has 1 amide bonds. The molecule has 120 valence electrons. The normalized spacial score (nSPS) is 11.6. The molecule has 23 heavy (non-hydrogen) atoms. The number of nitrogens with one attached hydrogen (secondary N) is 1. The zero-order valence-electron chi connectivity index (χ0n) is 12.0. The Kier molecular flexibility index (Phi) is 5.41. The zero-order valence-corrected chi connectivity index (χ0v) is 13.5. The summed E-state index contributed by atoms with van der Waals surface area (Å²) in [5.74, 6) is -0.144. The van der Waals surface area contributed by atoms with Crippen molar-refractivity contribution in [1.82, 2.24) is 0 Å². The molecule has 0 radical (unpaired) electrons. The fourth-order valence-corrected chi connectivity index (χ4v) is 2.09. The highest BCUT2D eigenvalue weighted by Crippen LogP contribution is 2.28. The number of rotatable bonds is 5. The number of hydrogen-bond acceptors (Lipinski definition) is 4. The summed E-state index contributed by atoms with van der Waals surface area (Å²) in [6, 6.07) is 10.5. The molecule has 0 bridgehead atoms. The third-order valence-corrected chi connectivity index (χ3v) is 3.57. The summed E-state index contributed by atoms with van der Waals surface area (Å²) >= 11 is 11.9. The van der Waals surface area contributed by atoms with E-state index in [-0.39, 0.29) is 16.4 Å². The maximum atomic E-state index is 12.2. The summed E-state index contributed by atoms with van der Waals surface area (Å²) in [5.41, 5.74) is -0.0372. The highest BCUT2D eigenvalue weighted by Gasteiger charge is 2.18. The summed E-state index contributed by atoms with van der Waals surface area (Å²) in [6.45, 7) is 1.53. The number of carbonyl (C=O) groups is 1. The van der Waals surface area contributed by atoms with Crippen LogP contribution in [-0.4, -0.2) is 16.9 Å². The Labute approximate surface area is 142 Å². The topological polar surface area (TPSA) is 81.5 Å². The van der Waals surface area contributed by atoms with Gasteiger partial charge >= 0.3 is 0 Å². The molecular weight excluding hydrogens is 343 g/mol. The van der Waals surface area contributed by atoms with Gasteiger partial charge in [0.1, 0.15) is 5.75 Å². The van der Waals surface area contributed by atoms with Gasteiger partial charge in [0.2, 0.25) is 0 Å². The minimum atomic E-state index is -0.870. The van der Waals surface area contributed by atoms with Gasteiger partial charge in [-0.1, -0.05) is 35.3 Å². The van der Waals surface area contributed by atoms with Crippen LogP contribution in [0.4, 0.5) is 11.4 Å². The first-order valence-electron chi connectivity index (χ1n) is 6.54. The van der Waals surface area contributed by atoms with Crippen molar-refractivity contribution < 1.29 is 14.5 Å². The van der Waals surface area contributed by atoms with E-state index >= 15 is 0 Å². The number of anilines is 1. The standard InChI is InChI=1S/C15H12Cl2N2O4/c1-9(23-14-5-3-2-4-12(14)17)15(20)18-13-8-10(19(21)22)6-7-11(13)16/h2-9H,1H3,(H,18,20)/t9-/m1/s1. The molecule has 2 aromatic carbocycles. The maximum Gasteiger partial charge on any atom is 0.271 e. The predicted molar refractivity (Wildman–Crippen MR) is 88.3 cm³/mol. The lowest BCUT2D eigenvalue weighted by atomic mass is 10.2. The van der Waals surface area contributed by atoms with Crippen LogP contribution in [0, 0.1) is 10.1 Å². The van der Waals surface area contributed by atoms with E-state index < -0.39 is 16.9 Å².